The number of rotatable bonds is 1. The van der Waals surface area contributed by atoms with Crippen molar-refractivity contribution in [3.63, 3.8) is 0 Å². The first kappa shape index (κ1) is 23.9. The molecule has 1 saturated heterocycles. The zero-order valence-corrected chi connectivity index (χ0v) is 21.4. The van der Waals surface area contributed by atoms with Crippen LogP contribution < -0.4 is 9.64 Å². The number of carbonyl (C=O) groups is 2. The molecule has 3 aliphatic rings. The molecule has 0 unspecified atom stereocenters. The minimum absolute atomic E-state index is 0.0690. The number of fused-ring (bicyclic) bond motifs is 3. The van der Waals surface area contributed by atoms with Crippen LogP contribution in [0.15, 0.2) is 18.3 Å². The van der Waals surface area contributed by atoms with E-state index in [1.807, 2.05) is 37.8 Å². The summed E-state index contributed by atoms with van der Waals surface area (Å²) in [6, 6.07) is 3.45. The molecule has 11 heteroatoms. The molecular formula is C24H27Cl2N5O4. The average Bonchev–Trinajstić information content (AvgIpc) is 2.96. The molecule has 0 N–H and O–H groups in total. The predicted molar refractivity (Wildman–Crippen MR) is 132 cm³/mol. The summed E-state index contributed by atoms with van der Waals surface area (Å²) in [7, 11) is 0. The fourth-order valence-corrected chi connectivity index (χ4v) is 5.08. The van der Waals surface area contributed by atoms with E-state index in [1.165, 1.54) is 0 Å². The van der Waals surface area contributed by atoms with Crippen molar-refractivity contribution >= 4 is 46.7 Å². The highest BCUT2D eigenvalue weighted by molar-refractivity contribution is 6.42. The van der Waals surface area contributed by atoms with Gasteiger partial charge in [0, 0.05) is 32.4 Å². The zero-order chi connectivity index (χ0) is 24.9. The molecule has 1 fully saturated rings. The van der Waals surface area contributed by atoms with Crippen molar-refractivity contribution in [2.45, 2.75) is 45.3 Å². The molecule has 0 saturated carbocycles. The molecule has 0 radical (unpaired) electrons. The van der Waals surface area contributed by atoms with Crippen LogP contribution in [-0.4, -0.2) is 76.2 Å². The molecule has 5 heterocycles. The second kappa shape index (κ2) is 9.02. The van der Waals surface area contributed by atoms with Crippen LogP contribution in [0.3, 0.4) is 0 Å². The summed E-state index contributed by atoms with van der Waals surface area (Å²) in [6.45, 7) is 7.27. The molecule has 0 bridgehead atoms. The topological polar surface area (TPSA) is 88.1 Å². The number of aromatic nitrogens is 2. The molecule has 0 spiro atoms. The molecule has 35 heavy (non-hydrogen) atoms. The Bertz CT molecular complexity index is 1190. The van der Waals surface area contributed by atoms with Gasteiger partial charge in [-0.2, -0.15) is 0 Å². The van der Waals surface area contributed by atoms with Crippen molar-refractivity contribution in [3.8, 4) is 5.75 Å². The minimum Gasteiger partial charge on any atom is -0.489 e. The molecule has 0 aliphatic carbocycles. The van der Waals surface area contributed by atoms with E-state index < -0.39 is 11.7 Å². The molecule has 3 aliphatic heterocycles. The van der Waals surface area contributed by atoms with Gasteiger partial charge in [0.1, 0.15) is 22.8 Å². The maximum Gasteiger partial charge on any atom is 0.410 e. The Balaban J connectivity index is 1.50. The van der Waals surface area contributed by atoms with Gasteiger partial charge in [-0.1, -0.05) is 23.2 Å². The zero-order valence-electron chi connectivity index (χ0n) is 19.9. The van der Waals surface area contributed by atoms with Crippen LogP contribution in [0.25, 0.3) is 0 Å². The summed E-state index contributed by atoms with van der Waals surface area (Å²) in [6.07, 6.45) is 3.04. The molecule has 186 valence electrons. The van der Waals surface area contributed by atoms with Gasteiger partial charge in [0.25, 0.3) is 5.91 Å². The number of hydrogen-bond donors (Lipinski definition) is 0. The average molecular weight is 520 g/mol. The van der Waals surface area contributed by atoms with Crippen molar-refractivity contribution in [1.29, 1.82) is 0 Å². The smallest absolute Gasteiger partial charge is 0.410 e. The highest BCUT2D eigenvalue weighted by atomic mass is 35.5. The molecular weight excluding hydrogens is 493 g/mol. The number of hydrogen-bond acceptors (Lipinski definition) is 7. The molecule has 9 nitrogen and oxygen atoms in total. The summed E-state index contributed by atoms with van der Waals surface area (Å²) in [5, 5.41) is 0.172. The molecule has 1 atom stereocenters. The highest BCUT2D eigenvalue weighted by Gasteiger charge is 2.41. The normalized spacial score (nSPS) is 19.9. The fourth-order valence-electron chi connectivity index (χ4n) is 4.72. The Hall–Kier alpha value is -2.78. The maximum atomic E-state index is 13.9. The summed E-state index contributed by atoms with van der Waals surface area (Å²) in [4.78, 5) is 40.9. The van der Waals surface area contributed by atoms with E-state index in [4.69, 9.17) is 32.7 Å². The first-order valence-corrected chi connectivity index (χ1v) is 12.4. The number of pyridine rings is 2. The molecule has 0 aromatic carbocycles. The third kappa shape index (κ3) is 4.47. The quantitative estimate of drug-likeness (QED) is 0.518. The Labute approximate surface area is 213 Å². The second-order valence-corrected chi connectivity index (χ2v) is 10.6. The van der Waals surface area contributed by atoms with Crippen LogP contribution in [-0.2, 0) is 11.2 Å². The van der Waals surface area contributed by atoms with Gasteiger partial charge in [0.15, 0.2) is 16.7 Å². The van der Waals surface area contributed by atoms with E-state index in [2.05, 4.69) is 9.97 Å². The van der Waals surface area contributed by atoms with E-state index in [1.54, 1.807) is 16.0 Å². The Kier molecular flexibility index (Phi) is 6.17. The van der Waals surface area contributed by atoms with Crippen molar-refractivity contribution in [2.24, 2.45) is 0 Å². The van der Waals surface area contributed by atoms with Crippen molar-refractivity contribution in [3.05, 3.63) is 39.8 Å². The van der Waals surface area contributed by atoms with Crippen LogP contribution in [0.4, 0.5) is 16.3 Å². The van der Waals surface area contributed by atoms with Gasteiger partial charge in [0.2, 0.25) is 0 Å². The third-order valence-electron chi connectivity index (χ3n) is 6.27. The highest BCUT2D eigenvalue weighted by Crippen LogP contribution is 2.44. The third-order valence-corrected chi connectivity index (χ3v) is 6.99. The van der Waals surface area contributed by atoms with Gasteiger partial charge >= 0.3 is 6.09 Å². The van der Waals surface area contributed by atoms with Crippen LogP contribution in [0.5, 0.6) is 5.75 Å². The van der Waals surface area contributed by atoms with Gasteiger partial charge in [-0.15, -0.1) is 0 Å². The fraction of sp³-hybridized carbons (Fsp3) is 0.500. The number of anilines is 2. The van der Waals surface area contributed by atoms with Crippen molar-refractivity contribution in [2.75, 3.05) is 37.7 Å². The number of carbonyl (C=O) groups excluding carboxylic acids is 2. The van der Waals surface area contributed by atoms with E-state index in [0.717, 1.165) is 24.2 Å². The van der Waals surface area contributed by atoms with E-state index in [0.29, 0.717) is 32.0 Å². The Morgan fingerprint density at radius 2 is 2.03 bits per heavy atom. The summed E-state index contributed by atoms with van der Waals surface area (Å²) < 4.78 is 11.6. The van der Waals surface area contributed by atoms with Gasteiger partial charge in [-0.25, -0.2) is 9.78 Å². The van der Waals surface area contributed by atoms with Crippen LogP contribution >= 0.6 is 23.2 Å². The monoisotopic (exact) mass is 519 g/mol. The Morgan fingerprint density at radius 3 is 2.80 bits per heavy atom. The minimum atomic E-state index is -0.606. The lowest BCUT2D eigenvalue weighted by Crippen LogP contribution is -2.58. The molecule has 2 aromatic heterocycles. The number of ether oxygens (including phenoxy) is 2. The lowest BCUT2D eigenvalue weighted by molar-refractivity contribution is 0.000956. The van der Waals surface area contributed by atoms with Crippen molar-refractivity contribution < 1.29 is 19.1 Å². The van der Waals surface area contributed by atoms with Gasteiger partial charge in [-0.3, -0.25) is 9.78 Å². The van der Waals surface area contributed by atoms with Crippen LogP contribution in [0, 0.1) is 0 Å². The molecule has 2 amide bonds. The summed E-state index contributed by atoms with van der Waals surface area (Å²) >= 11 is 12.9. The first-order valence-electron chi connectivity index (χ1n) is 11.7. The maximum absolute atomic E-state index is 13.9. The Morgan fingerprint density at radius 1 is 1.23 bits per heavy atom. The van der Waals surface area contributed by atoms with E-state index in [-0.39, 0.29) is 40.0 Å². The van der Waals surface area contributed by atoms with Crippen LogP contribution in [0.2, 0.25) is 10.2 Å². The first-order chi connectivity index (χ1) is 16.6. The van der Waals surface area contributed by atoms with Gasteiger partial charge < -0.3 is 24.2 Å². The lowest BCUT2D eigenvalue weighted by Gasteiger charge is -2.40. The summed E-state index contributed by atoms with van der Waals surface area (Å²) in [5.74, 6) is 0.382. The largest absolute Gasteiger partial charge is 0.489 e. The summed E-state index contributed by atoms with van der Waals surface area (Å²) in [5.41, 5.74) is 1.50. The van der Waals surface area contributed by atoms with E-state index >= 15 is 0 Å². The predicted octanol–water partition coefficient (Wildman–Crippen LogP) is 4.32. The second-order valence-electron chi connectivity index (χ2n) is 9.86. The standard InChI is InChI=1S/C24H27Cl2N5O4/c1-24(2,3)35-23(33)29-10-11-30-14(12-29)13-34-19-17(22(30)32)21(28-20(26)18(19)25)31-9-5-6-15-16(31)7-4-8-27-15/h4,7-8,14H,5-6,9-13H2,1-3H3/t14-/m1/s1. The number of piperazine rings is 1. The number of halogens is 2. The number of aryl methyl sites for hydroxylation is 1. The van der Waals surface area contributed by atoms with Crippen molar-refractivity contribution in [1.82, 2.24) is 19.8 Å². The lowest BCUT2D eigenvalue weighted by atomic mass is 10.1. The van der Waals surface area contributed by atoms with Gasteiger partial charge in [-0.05, 0) is 45.7 Å². The molecule has 2 aromatic rings. The SMILES string of the molecule is CC(C)(C)OC(=O)N1CCN2C(=O)c3c(N4CCCc5ncccc54)nc(Cl)c(Cl)c3OC[C@H]2C1. The number of amides is 2. The number of nitrogens with zero attached hydrogens (tertiary/aromatic N) is 5. The van der Waals surface area contributed by atoms with Gasteiger partial charge in [0.05, 0.1) is 17.4 Å². The molecule has 5 rings (SSSR count). The van der Waals surface area contributed by atoms with Crippen LogP contribution in [0.1, 0.15) is 43.2 Å². The van der Waals surface area contributed by atoms with E-state index in [9.17, 15) is 9.59 Å².